The molecule has 4 heterocycles. The first-order valence-corrected chi connectivity index (χ1v) is 12.2. The van der Waals surface area contributed by atoms with Gasteiger partial charge in [-0.25, -0.2) is 13.4 Å². The summed E-state index contributed by atoms with van der Waals surface area (Å²) in [7, 11) is -4.50. The average molecular weight is 437 g/mol. The van der Waals surface area contributed by atoms with Crippen LogP contribution < -0.4 is 5.46 Å². The molecule has 1 saturated carbocycles. The summed E-state index contributed by atoms with van der Waals surface area (Å²) >= 11 is 0. The van der Waals surface area contributed by atoms with E-state index in [9.17, 15) is 13.4 Å². The molecule has 2 aliphatic heterocycles. The highest BCUT2D eigenvalue weighted by Crippen LogP contribution is 2.62. The van der Waals surface area contributed by atoms with Gasteiger partial charge >= 0.3 is 7.12 Å². The lowest BCUT2D eigenvalue weighted by Crippen LogP contribution is -2.52. The molecule has 6 rings (SSSR count). The van der Waals surface area contributed by atoms with Crippen LogP contribution in [0.1, 0.15) is 37.3 Å². The van der Waals surface area contributed by atoms with Gasteiger partial charge in [-0.05, 0) is 60.4 Å². The Hall–Kier alpha value is -2.20. The molecule has 0 bridgehead atoms. The number of aryl methyl sites for hydroxylation is 1. The fourth-order valence-corrected chi connectivity index (χ4v) is 7.46. The van der Waals surface area contributed by atoms with Gasteiger partial charge in [0.1, 0.15) is 5.65 Å². The Morgan fingerprint density at radius 3 is 2.77 bits per heavy atom. The van der Waals surface area contributed by atoms with E-state index < -0.39 is 22.7 Å². The number of nitrogens with zero attached hydrogens (tertiary/aromatic N) is 2. The van der Waals surface area contributed by atoms with Crippen molar-refractivity contribution >= 4 is 33.6 Å². The van der Waals surface area contributed by atoms with Crippen LogP contribution in [0.5, 0.6) is 0 Å². The van der Waals surface area contributed by atoms with Gasteiger partial charge in [-0.3, -0.25) is 0 Å². The van der Waals surface area contributed by atoms with E-state index in [0.29, 0.717) is 30.8 Å². The number of nitrogens with one attached hydrogen (secondary N) is 1. The molecule has 1 aliphatic carbocycles. The molecule has 2 fully saturated rings. The van der Waals surface area contributed by atoms with Gasteiger partial charge in [0.05, 0.1) is 10.5 Å². The summed E-state index contributed by atoms with van der Waals surface area (Å²) in [5.74, 6) is 0. The third kappa shape index (κ3) is 2.70. The molecule has 160 valence electrons. The summed E-state index contributed by atoms with van der Waals surface area (Å²) in [5.41, 5.74) is 2.94. The molecule has 3 aromatic rings. The van der Waals surface area contributed by atoms with E-state index in [1.54, 1.807) is 22.6 Å². The summed E-state index contributed by atoms with van der Waals surface area (Å²) in [6.45, 7) is 3.06. The number of aromatic nitrogens is 2. The lowest BCUT2D eigenvalue weighted by atomic mass is 9.56. The molecule has 3 aliphatic rings. The van der Waals surface area contributed by atoms with Crippen molar-refractivity contribution in [1.82, 2.24) is 14.3 Å². The fraction of sp³-hybridized carbons (Fsp3) is 0.409. The minimum atomic E-state index is -3.51. The van der Waals surface area contributed by atoms with Crippen LogP contribution in [0.25, 0.3) is 11.0 Å². The van der Waals surface area contributed by atoms with Crippen LogP contribution >= 0.6 is 0 Å². The van der Waals surface area contributed by atoms with Crippen LogP contribution in [0.2, 0.25) is 0 Å². The second-order valence-electron chi connectivity index (χ2n) is 9.23. The predicted molar refractivity (Wildman–Crippen MR) is 117 cm³/mol. The number of aromatic amines is 1. The van der Waals surface area contributed by atoms with E-state index in [0.717, 1.165) is 40.5 Å². The highest BCUT2D eigenvalue weighted by atomic mass is 32.2. The quantitative estimate of drug-likeness (QED) is 0.611. The van der Waals surface area contributed by atoms with E-state index in [2.05, 4.69) is 16.9 Å². The predicted octanol–water partition coefficient (Wildman–Crippen LogP) is 1.91. The van der Waals surface area contributed by atoms with Gasteiger partial charge in [0, 0.05) is 36.3 Å². The van der Waals surface area contributed by atoms with Crippen molar-refractivity contribution in [1.29, 1.82) is 0 Å². The maximum atomic E-state index is 13.2. The average Bonchev–Trinajstić information content (AvgIpc) is 3.45. The third-order valence-corrected chi connectivity index (χ3v) is 9.23. The molecule has 0 atom stereocenters. The van der Waals surface area contributed by atoms with E-state index in [4.69, 9.17) is 4.65 Å². The molecule has 0 unspecified atom stereocenters. The van der Waals surface area contributed by atoms with Crippen molar-refractivity contribution in [3.05, 3.63) is 53.9 Å². The zero-order valence-corrected chi connectivity index (χ0v) is 18.2. The van der Waals surface area contributed by atoms with Crippen molar-refractivity contribution in [2.24, 2.45) is 5.41 Å². The summed E-state index contributed by atoms with van der Waals surface area (Å²) in [6, 6.07) is 9.17. The minimum Gasteiger partial charge on any atom is -0.423 e. The second-order valence-corrected chi connectivity index (χ2v) is 11.2. The standard InChI is InChI=1S/C22H24BN3O4S/c1-2-15-3-5-16(6-4-15)31(28,29)26-10-8-21(14-26)12-22(13-21)19-17-7-9-24-20(17)25-11-18(19)23(27)30-22/h3-7,9,11,27H,2,8,10,12-14H2,1H3,(H,24,25). The molecular formula is C22H24BN3O4S. The van der Waals surface area contributed by atoms with Crippen LogP contribution in [-0.2, 0) is 26.7 Å². The fourth-order valence-electron chi connectivity index (χ4n) is 5.91. The zero-order chi connectivity index (χ0) is 21.4. The van der Waals surface area contributed by atoms with Gasteiger partial charge in [-0.1, -0.05) is 19.1 Å². The van der Waals surface area contributed by atoms with Gasteiger partial charge in [0.2, 0.25) is 10.0 Å². The topological polar surface area (TPSA) is 95.5 Å². The van der Waals surface area contributed by atoms with Crippen molar-refractivity contribution in [2.75, 3.05) is 13.1 Å². The largest absolute Gasteiger partial charge is 0.493 e. The monoisotopic (exact) mass is 437 g/mol. The van der Waals surface area contributed by atoms with E-state index in [1.165, 1.54) is 0 Å². The van der Waals surface area contributed by atoms with E-state index in [1.807, 2.05) is 24.4 Å². The number of hydrogen-bond donors (Lipinski definition) is 2. The Morgan fingerprint density at radius 2 is 2.03 bits per heavy atom. The Morgan fingerprint density at radius 1 is 1.26 bits per heavy atom. The summed E-state index contributed by atoms with van der Waals surface area (Å²) in [6.07, 6.45) is 6.62. The Kier molecular flexibility index (Phi) is 4.03. The van der Waals surface area contributed by atoms with Crippen LogP contribution in [0.4, 0.5) is 0 Å². The van der Waals surface area contributed by atoms with Crippen molar-refractivity contribution < 1.29 is 18.1 Å². The Balaban J connectivity index is 1.27. The third-order valence-electron chi connectivity index (χ3n) is 7.37. The lowest BCUT2D eigenvalue weighted by Gasteiger charge is -2.53. The second kappa shape index (κ2) is 6.42. The van der Waals surface area contributed by atoms with Crippen LogP contribution in [-0.4, -0.2) is 47.9 Å². The molecule has 2 N–H and O–H groups in total. The zero-order valence-electron chi connectivity index (χ0n) is 17.3. The first-order valence-electron chi connectivity index (χ1n) is 10.8. The van der Waals surface area contributed by atoms with Crippen molar-refractivity contribution in [3.63, 3.8) is 0 Å². The van der Waals surface area contributed by atoms with Gasteiger partial charge in [-0.15, -0.1) is 0 Å². The van der Waals surface area contributed by atoms with E-state index in [-0.39, 0.29) is 5.41 Å². The number of H-pyrrole nitrogens is 1. The number of benzene rings is 1. The van der Waals surface area contributed by atoms with Crippen LogP contribution in [0, 0.1) is 5.41 Å². The van der Waals surface area contributed by atoms with Crippen LogP contribution in [0.3, 0.4) is 0 Å². The normalized spacial score (nSPS) is 28.0. The number of sulfonamides is 1. The number of pyridine rings is 1. The molecule has 0 radical (unpaired) electrons. The van der Waals surface area contributed by atoms with Crippen LogP contribution in [0.15, 0.2) is 47.6 Å². The van der Waals surface area contributed by atoms with Gasteiger partial charge in [0.15, 0.2) is 0 Å². The number of fused-ring (bicyclic) bond motifs is 4. The van der Waals surface area contributed by atoms with Crippen molar-refractivity contribution in [3.8, 4) is 0 Å². The molecular weight excluding hydrogens is 413 g/mol. The molecule has 2 spiro atoms. The molecule has 1 saturated heterocycles. The first-order chi connectivity index (χ1) is 14.9. The molecule has 1 aromatic carbocycles. The first kappa shape index (κ1) is 19.5. The molecule has 0 amide bonds. The number of hydrogen-bond acceptors (Lipinski definition) is 5. The molecule has 31 heavy (non-hydrogen) atoms. The van der Waals surface area contributed by atoms with Gasteiger partial charge < -0.3 is 14.7 Å². The lowest BCUT2D eigenvalue weighted by molar-refractivity contribution is -0.108. The van der Waals surface area contributed by atoms with Crippen molar-refractivity contribution in [2.45, 2.75) is 43.1 Å². The van der Waals surface area contributed by atoms with Gasteiger partial charge in [-0.2, -0.15) is 4.31 Å². The highest BCUT2D eigenvalue weighted by molar-refractivity contribution is 7.89. The Bertz CT molecular complexity index is 1280. The minimum absolute atomic E-state index is 0.121. The summed E-state index contributed by atoms with van der Waals surface area (Å²) in [4.78, 5) is 7.87. The van der Waals surface area contributed by atoms with E-state index >= 15 is 0 Å². The van der Waals surface area contributed by atoms with Gasteiger partial charge in [0.25, 0.3) is 0 Å². The maximum Gasteiger partial charge on any atom is 0.493 e. The maximum absolute atomic E-state index is 13.2. The Labute approximate surface area is 181 Å². The molecule has 2 aromatic heterocycles. The summed E-state index contributed by atoms with van der Waals surface area (Å²) in [5, 5.41) is 11.5. The molecule has 9 heteroatoms. The summed E-state index contributed by atoms with van der Waals surface area (Å²) < 4.78 is 34.1. The smallest absolute Gasteiger partial charge is 0.423 e. The SMILES string of the molecule is CCc1ccc(S(=O)(=O)N2CCC3(C2)CC2(C3)OB(O)c3cnc4[nH]ccc4c32)cc1. The molecule has 7 nitrogen and oxygen atoms in total. The highest BCUT2D eigenvalue weighted by Gasteiger charge is 2.64. The number of rotatable bonds is 3.